The predicted molar refractivity (Wildman–Crippen MR) is 69.0 cm³/mol. The molecule has 0 aliphatic rings. The van der Waals surface area contributed by atoms with Crippen molar-refractivity contribution in [3.63, 3.8) is 0 Å². The number of carboxylic acids is 1. The average Bonchev–Trinajstić information content (AvgIpc) is 2.20. The molecule has 0 aliphatic heterocycles. The normalized spacial score (nSPS) is 14.2. The molecular weight excluding hydrogens is 324 g/mol. The lowest BCUT2D eigenvalue weighted by atomic mass is 10.0. The summed E-state index contributed by atoms with van der Waals surface area (Å²) < 4.78 is 13.6. The summed E-state index contributed by atoms with van der Waals surface area (Å²) in [4.78, 5) is 10.8. The molecule has 88 valence electrons. The Bertz CT molecular complexity index is 398. The van der Waals surface area contributed by atoms with Crippen molar-refractivity contribution in [3.05, 3.63) is 27.6 Å². The summed E-state index contributed by atoms with van der Waals surface area (Å²) in [6.45, 7) is 3.43. The Hall–Kier alpha value is -0.850. The number of halogens is 2. The zero-order valence-electron chi connectivity index (χ0n) is 9.00. The Labute approximate surface area is 107 Å². The maximum absolute atomic E-state index is 12.8. The van der Waals surface area contributed by atoms with Crippen molar-refractivity contribution in [1.82, 2.24) is 0 Å². The van der Waals surface area contributed by atoms with Crippen LogP contribution in [-0.2, 0) is 4.79 Å². The van der Waals surface area contributed by atoms with E-state index in [4.69, 9.17) is 5.11 Å². The smallest absolute Gasteiger partial charge is 0.308 e. The fourth-order valence-corrected chi connectivity index (χ4v) is 1.82. The average molecular weight is 337 g/mol. The van der Waals surface area contributed by atoms with E-state index in [1.54, 1.807) is 19.9 Å². The van der Waals surface area contributed by atoms with E-state index >= 15 is 0 Å². The zero-order chi connectivity index (χ0) is 12.3. The van der Waals surface area contributed by atoms with Gasteiger partial charge in [-0.05, 0) is 54.6 Å². The fraction of sp³-hybridized carbons (Fsp3) is 0.364. The second-order valence-corrected chi connectivity index (χ2v) is 4.85. The molecule has 0 amide bonds. The molecule has 1 aromatic rings. The lowest BCUT2D eigenvalue weighted by molar-refractivity contribution is -0.141. The van der Waals surface area contributed by atoms with Crippen molar-refractivity contribution >= 4 is 34.2 Å². The fourth-order valence-electron chi connectivity index (χ4n) is 1.19. The largest absolute Gasteiger partial charge is 0.481 e. The highest BCUT2D eigenvalue weighted by Gasteiger charge is 2.19. The van der Waals surface area contributed by atoms with Gasteiger partial charge in [-0.25, -0.2) is 4.39 Å². The van der Waals surface area contributed by atoms with Gasteiger partial charge in [-0.2, -0.15) is 0 Å². The van der Waals surface area contributed by atoms with Gasteiger partial charge in [0, 0.05) is 15.3 Å². The first-order valence-electron chi connectivity index (χ1n) is 4.86. The summed E-state index contributed by atoms with van der Waals surface area (Å²) in [5.74, 6) is -1.65. The molecule has 0 fully saturated rings. The van der Waals surface area contributed by atoms with Gasteiger partial charge in [0.15, 0.2) is 0 Å². The molecule has 0 aromatic heterocycles. The van der Waals surface area contributed by atoms with Crippen LogP contribution in [0.25, 0.3) is 0 Å². The number of anilines is 1. The van der Waals surface area contributed by atoms with Gasteiger partial charge in [0.05, 0.1) is 5.92 Å². The van der Waals surface area contributed by atoms with Gasteiger partial charge in [-0.15, -0.1) is 0 Å². The molecule has 3 nitrogen and oxygen atoms in total. The van der Waals surface area contributed by atoms with Crippen molar-refractivity contribution in [3.8, 4) is 0 Å². The van der Waals surface area contributed by atoms with Gasteiger partial charge in [0.1, 0.15) is 5.82 Å². The molecule has 0 aliphatic carbocycles. The molecule has 0 saturated carbocycles. The van der Waals surface area contributed by atoms with Crippen LogP contribution in [0.5, 0.6) is 0 Å². The van der Waals surface area contributed by atoms with Crippen LogP contribution in [0, 0.1) is 15.3 Å². The molecule has 2 N–H and O–H groups in total. The van der Waals surface area contributed by atoms with Crippen LogP contribution >= 0.6 is 22.6 Å². The Morgan fingerprint density at radius 3 is 2.62 bits per heavy atom. The van der Waals surface area contributed by atoms with Crippen LogP contribution in [0.2, 0.25) is 0 Å². The van der Waals surface area contributed by atoms with Crippen LogP contribution < -0.4 is 5.32 Å². The summed E-state index contributed by atoms with van der Waals surface area (Å²) >= 11 is 2.01. The van der Waals surface area contributed by atoms with Crippen LogP contribution in [0.3, 0.4) is 0 Å². The second-order valence-electron chi connectivity index (χ2n) is 3.68. The molecule has 0 heterocycles. The maximum atomic E-state index is 12.8. The SMILES string of the molecule is CC(Nc1ccc(F)cc1I)C(C)C(=O)O. The molecular formula is C11H13FINO2. The molecule has 0 bridgehead atoms. The molecule has 1 aromatic carbocycles. The molecule has 0 spiro atoms. The van der Waals surface area contributed by atoms with E-state index in [0.717, 1.165) is 9.26 Å². The summed E-state index contributed by atoms with van der Waals surface area (Å²) in [6, 6.07) is 4.16. The third kappa shape index (κ3) is 3.33. The predicted octanol–water partition coefficient (Wildman–Crippen LogP) is 2.95. The highest BCUT2D eigenvalue weighted by Crippen LogP contribution is 2.21. The highest BCUT2D eigenvalue weighted by atomic mass is 127. The molecule has 1 rings (SSSR count). The quantitative estimate of drug-likeness (QED) is 0.831. The number of nitrogens with one attached hydrogen (secondary N) is 1. The lowest BCUT2D eigenvalue weighted by Crippen LogP contribution is -2.29. The van der Waals surface area contributed by atoms with Gasteiger partial charge in [-0.1, -0.05) is 0 Å². The first kappa shape index (κ1) is 13.2. The van der Waals surface area contributed by atoms with E-state index in [-0.39, 0.29) is 11.9 Å². The molecule has 2 atom stereocenters. The van der Waals surface area contributed by atoms with Crippen molar-refractivity contribution in [2.75, 3.05) is 5.32 Å². The Morgan fingerprint density at radius 2 is 2.12 bits per heavy atom. The number of benzene rings is 1. The first-order chi connectivity index (χ1) is 7.41. The summed E-state index contributed by atoms with van der Waals surface area (Å²) in [7, 11) is 0. The van der Waals surface area contributed by atoms with E-state index < -0.39 is 11.9 Å². The van der Waals surface area contributed by atoms with Crippen LogP contribution in [-0.4, -0.2) is 17.1 Å². The number of aliphatic carboxylic acids is 1. The third-order valence-corrected chi connectivity index (χ3v) is 3.35. The molecule has 16 heavy (non-hydrogen) atoms. The van der Waals surface area contributed by atoms with Crippen LogP contribution in [0.1, 0.15) is 13.8 Å². The molecule has 0 saturated heterocycles. The number of carbonyl (C=O) groups is 1. The van der Waals surface area contributed by atoms with Gasteiger partial charge >= 0.3 is 5.97 Å². The van der Waals surface area contributed by atoms with Crippen LogP contribution in [0.15, 0.2) is 18.2 Å². The van der Waals surface area contributed by atoms with Crippen molar-refractivity contribution in [2.24, 2.45) is 5.92 Å². The first-order valence-corrected chi connectivity index (χ1v) is 5.94. The van der Waals surface area contributed by atoms with Gasteiger partial charge < -0.3 is 10.4 Å². The van der Waals surface area contributed by atoms with E-state index in [2.05, 4.69) is 5.32 Å². The van der Waals surface area contributed by atoms with Crippen molar-refractivity contribution in [2.45, 2.75) is 19.9 Å². The number of hydrogen-bond acceptors (Lipinski definition) is 2. The standard InChI is InChI=1S/C11H13FINO2/c1-6(11(15)16)7(2)14-10-4-3-8(12)5-9(10)13/h3-7,14H,1-2H3,(H,15,16). The van der Waals surface area contributed by atoms with E-state index in [0.29, 0.717) is 0 Å². The highest BCUT2D eigenvalue weighted by molar-refractivity contribution is 14.1. The Kier molecular flexibility index (Phi) is 4.52. The van der Waals surface area contributed by atoms with Gasteiger partial charge in [0.25, 0.3) is 0 Å². The zero-order valence-corrected chi connectivity index (χ0v) is 11.2. The number of hydrogen-bond donors (Lipinski definition) is 2. The van der Waals surface area contributed by atoms with Gasteiger partial charge in [0.2, 0.25) is 0 Å². The minimum absolute atomic E-state index is 0.212. The number of carboxylic acid groups (broad SMARTS) is 1. The summed E-state index contributed by atoms with van der Waals surface area (Å²) in [5, 5.41) is 11.9. The summed E-state index contributed by atoms with van der Waals surface area (Å²) in [6.07, 6.45) is 0. The summed E-state index contributed by atoms with van der Waals surface area (Å²) in [5.41, 5.74) is 0.752. The van der Waals surface area contributed by atoms with Crippen molar-refractivity contribution in [1.29, 1.82) is 0 Å². The van der Waals surface area contributed by atoms with E-state index in [9.17, 15) is 9.18 Å². The lowest BCUT2D eigenvalue weighted by Gasteiger charge is -2.19. The van der Waals surface area contributed by atoms with E-state index in [1.807, 2.05) is 22.6 Å². The monoisotopic (exact) mass is 337 g/mol. The third-order valence-electron chi connectivity index (χ3n) is 2.45. The maximum Gasteiger partial charge on any atom is 0.308 e. The van der Waals surface area contributed by atoms with E-state index in [1.165, 1.54) is 12.1 Å². The Balaban J connectivity index is 2.77. The van der Waals surface area contributed by atoms with Crippen LogP contribution in [0.4, 0.5) is 10.1 Å². The Morgan fingerprint density at radius 1 is 1.50 bits per heavy atom. The number of rotatable bonds is 4. The molecule has 0 radical (unpaired) electrons. The van der Waals surface area contributed by atoms with Crippen molar-refractivity contribution < 1.29 is 14.3 Å². The molecule has 5 heteroatoms. The minimum atomic E-state index is -0.850. The molecule has 2 unspecified atom stereocenters. The minimum Gasteiger partial charge on any atom is -0.481 e. The van der Waals surface area contributed by atoms with Gasteiger partial charge in [-0.3, -0.25) is 4.79 Å². The topological polar surface area (TPSA) is 49.3 Å². The second kappa shape index (κ2) is 5.47.